The Morgan fingerprint density at radius 3 is 1.15 bits per heavy atom. The fourth-order valence-electron chi connectivity index (χ4n) is 3.53. The van der Waals surface area contributed by atoms with Crippen molar-refractivity contribution < 1.29 is 0 Å². The first kappa shape index (κ1) is 22.9. The lowest BCUT2D eigenvalue weighted by Crippen LogP contribution is -1.90. The molecule has 0 saturated carbocycles. The summed E-state index contributed by atoms with van der Waals surface area (Å²) in [6.07, 6.45) is 0. The van der Waals surface area contributed by atoms with E-state index in [9.17, 15) is 0 Å². The summed E-state index contributed by atoms with van der Waals surface area (Å²) in [4.78, 5) is 0. The molecule has 0 aliphatic carbocycles. The molecule has 0 bridgehead atoms. The van der Waals surface area contributed by atoms with E-state index in [0.717, 1.165) is 67.5 Å². The summed E-state index contributed by atoms with van der Waals surface area (Å²) in [5, 5.41) is 17.5. The second kappa shape index (κ2) is 9.67. The Morgan fingerprint density at radius 2 is 0.794 bits per heavy atom. The molecule has 0 radical (unpaired) electrons. The Morgan fingerprint density at radius 1 is 0.441 bits per heavy atom. The van der Waals surface area contributed by atoms with Crippen LogP contribution >= 0.6 is 0 Å². The molecule has 0 atom stereocenters. The molecule has 0 fully saturated rings. The molecular weight excluding hydrogens is 420 g/mol. The number of nitrogen functional groups attached to an aromatic ring is 2. The minimum absolute atomic E-state index is 0.767. The maximum absolute atomic E-state index is 5.95. The van der Waals surface area contributed by atoms with Gasteiger partial charge in [-0.2, -0.15) is 20.5 Å². The van der Waals surface area contributed by atoms with Gasteiger partial charge in [0.2, 0.25) is 0 Å². The van der Waals surface area contributed by atoms with Gasteiger partial charge in [0.15, 0.2) is 0 Å². The SMILES string of the molecule is Cc1cc(N=Nc2ccc(-c3ccc(N=Nc4cc(C)c(N)cc4C)cc3)cc2)c(C)cc1N. The van der Waals surface area contributed by atoms with Crippen molar-refractivity contribution in [3.63, 3.8) is 0 Å². The molecule has 6 nitrogen and oxygen atoms in total. The average molecular weight is 449 g/mol. The minimum atomic E-state index is 0.767. The van der Waals surface area contributed by atoms with E-state index in [2.05, 4.69) is 20.5 Å². The number of benzene rings is 4. The third kappa shape index (κ3) is 5.18. The zero-order valence-corrected chi connectivity index (χ0v) is 19.9. The molecule has 4 aromatic carbocycles. The molecule has 0 spiro atoms. The Labute approximate surface area is 200 Å². The lowest BCUT2D eigenvalue weighted by molar-refractivity contribution is 1.20. The van der Waals surface area contributed by atoms with Crippen molar-refractivity contribution in [3.05, 3.63) is 95.1 Å². The minimum Gasteiger partial charge on any atom is -0.399 e. The van der Waals surface area contributed by atoms with Crippen molar-refractivity contribution in [2.24, 2.45) is 20.5 Å². The van der Waals surface area contributed by atoms with E-state index in [1.54, 1.807) is 0 Å². The van der Waals surface area contributed by atoms with Crippen LogP contribution in [-0.4, -0.2) is 0 Å². The highest BCUT2D eigenvalue weighted by atomic mass is 15.1. The number of aryl methyl sites for hydroxylation is 4. The third-order valence-corrected chi connectivity index (χ3v) is 5.78. The molecule has 34 heavy (non-hydrogen) atoms. The molecular formula is C28H28N6. The Balaban J connectivity index is 1.46. The number of hydrogen-bond acceptors (Lipinski definition) is 6. The van der Waals surface area contributed by atoms with Crippen LogP contribution in [0.3, 0.4) is 0 Å². The monoisotopic (exact) mass is 448 g/mol. The highest BCUT2D eigenvalue weighted by Crippen LogP contribution is 2.30. The molecule has 0 aromatic heterocycles. The molecule has 0 aliphatic rings. The van der Waals surface area contributed by atoms with E-state index in [1.165, 1.54) is 0 Å². The number of azo groups is 2. The van der Waals surface area contributed by atoms with Crippen LogP contribution in [0.25, 0.3) is 11.1 Å². The topological polar surface area (TPSA) is 101 Å². The first-order valence-corrected chi connectivity index (χ1v) is 11.1. The lowest BCUT2D eigenvalue weighted by Gasteiger charge is -2.05. The predicted molar refractivity (Wildman–Crippen MR) is 141 cm³/mol. The van der Waals surface area contributed by atoms with Gasteiger partial charge in [0, 0.05) is 11.4 Å². The van der Waals surface area contributed by atoms with Crippen molar-refractivity contribution in [1.29, 1.82) is 0 Å². The van der Waals surface area contributed by atoms with Gasteiger partial charge in [-0.3, -0.25) is 0 Å². The van der Waals surface area contributed by atoms with Gasteiger partial charge in [-0.05, 0) is 110 Å². The van der Waals surface area contributed by atoms with Gasteiger partial charge in [0.05, 0.1) is 22.7 Å². The van der Waals surface area contributed by atoms with Crippen molar-refractivity contribution in [3.8, 4) is 11.1 Å². The van der Waals surface area contributed by atoms with E-state index in [1.807, 2.05) is 100 Å². The van der Waals surface area contributed by atoms with Gasteiger partial charge in [-0.1, -0.05) is 24.3 Å². The maximum Gasteiger partial charge on any atom is 0.0890 e. The average Bonchev–Trinajstić information content (AvgIpc) is 2.83. The number of anilines is 2. The molecule has 4 N–H and O–H groups in total. The molecule has 6 heteroatoms. The molecule has 0 amide bonds. The van der Waals surface area contributed by atoms with Gasteiger partial charge in [-0.15, -0.1) is 0 Å². The molecule has 0 heterocycles. The molecule has 0 unspecified atom stereocenters. The highest BCUT2D eigenvalue weighted by Gasteiger charge is 2.04. The summed E-state index contributed by atoms with van der Waals surface area (Å²) in [6, 6.07) is 23.7. The molecule has 170 valence electrons. The quantitative estimate of drug-likeness (QED) is 0.236. The largest absolute Gasteiger partial charge is 0.399 e. The second-order valence-corrected chi connectivity index (χ2v) is 8.48. The van der Waals surface area contributed by atoms with Crippen LogP contribution in [0.4, 0.5) is 34.1 Å². The van der Waals surface area contributed by atoms with Crippen LogP contribution in [0.2, 0.25) is 0 Å². The molecule has 0 aliphatic heterocycles. The molecule has 4 rings (SSSR count). The first-order valence-electron chi connectivity index (χ1n) is 11.1. The van der Waals surface area contributed by atoms with Crippen LogP contribution in [0, 0.1) is 27.7 Å². The molecule has 0 saturated heterocycles. The van der Waals surface area contributed by atoms with Crippen LogP contribution in [0.5, 0.6) is 0 Å². The normalized spacial score (nSPS) is 11.5. The van der Waals surface area contributed by atoms with Crippen LogP contribution in [0.1, 0.15) is 22.3 Å². The molecule has 4 aromatic rings. The summed E-state index contributed by atoms with van der Waals surface area (Å²) in [6.45, 7) is 7.90. The summed E-state index contributed by atoms with van der Waals surface area (Å²) in [5.41, 5.74) is 22.8. The van der Waals surface area contributed by atoms with Crippen LogP contribution < -0.4 is 11.5 Å². The van der Waals surface area contributed by atoms with Gasteiger partial charge in [0.1, 0.15) is 0 Å². The zero-order chi connectivity index (χ0) is 24.2. The van der Waals surface area contributed by atoms with Gasteiger partial charge < -0.3 is 11.5 Å². The zero-order valence-electron chi connectivity index (χ0n) is 19.9. The van der Waals surface area contributed by atoms with Crippen molar-refractivity contribution in [2.75, 3.05) is 11.5 Å². The summed E-state index contributed by atoms with van der Waals surface area (Å²) >= 11 is 0. The number of nitrogens with zero attached hydrogens (tertiary/aromatic N) is 4. The lowest BCUT2D eigenvalue weighted by atomic mass is 10.1. The smallest absolute Gasteiger partial charge is 0.0890 e. The van der Waals surface area contributed by atoms with Gasteiger partial charge in [0.25, 0.3) is 0 Å². The van der Waals surface area contributed by atoms with Crippen LogP contribution in [-0.2, 0) is 0 Å². The Kier molecular flexibility index (Phi) is 6.50. The van der Waals surface area contributed by atoms with E-state index in [0.29, 0.717) is 0 Å². The van der Waals surface area contributed by atoms with Crippen molar-refractivity contribution >= 4 is 34.1 Å². The summed E-state index contributed by atoms with van der Waals surface area (Å²) in [5.74, 6) is 0. The Bertz CT molecular complexity index is 1280. The maximum atomic E-state index is 5.95. The summed E-state index contributed by atoms with van der Waals surface area (Å²) < 4.78 is 0. The van der Waals surface area contributed by atoms with Crippen LogP contribution in [0.15, 0.2) is 93.3 Å². The standard InChI is InChI=1S/C28H28N6/c1-17-15-27(19(3)13-25(17)29)33-31-23-9-5-21(6-10-23)22-7-11-24(12-8-22)32-34-28-16-18(2)26(30)14-20(28)4/h5-16H,29-30H2,1-4H3. The van der Waals surface area contributed by atoms with E-state index in [-0.39, 0.29) is 0 Å². The highest BCUT2D eigenvalue weighted by molar-refractivity contribution is 5.67. The second-order valence-electron chi connectivity index (χ2n) is 8.48. The van der Waals surface area contributed by atoms with Gasteiger partial charge in [-0.25, -0.2) is 0 Å². The van der Waals surface area contributed by atoms with E-state index >= 15 is 0 Å². The number of hydrogen-bond donors (Lipinski definition) is 2. The number of nitrogens with two attached hydrogens (primary N) is 2. The predicted octanol–water partition coefficient (Wildman–Crippen LogP) is 8.58. The first-order chi connectivity index (χ1) is 16.3. The van der Waals surface area contributed by atoms with Crippen molar-refractivity contribution in [1.82, 2.24) is 0 Å². The van der Waals surface area contributed by atoms with Gasteiger partial charge >= 0.3 is 0 Å². The number of rotatable bonds is 5. The third-order valence-electron chi connectivity index (χ3n) is 5.78. The van der Waals surface area contributed by atoms with E-state index in [4.69, 9.17) is 11.5 Å². The Hall–Kier alpha value is -4.32. The fourth-order valence-corrected chi connectivity index (χ4v) is 3.53. The van der Waals surface area contributed by atoms with E-state index < -0.39 is 0 Å². The summed E-state index contributed by atoms with van der Waals surface area (Å²) in [7, 11) is 0. The fraction of sp³-hybridized carbons (Fsp3) is 0.143. The van der Waals surface area contributed by atoms with Crippen molar-refractivity contribution in [2.45, 2.75) is 27.7 Å².